The summed E-state index contributed by atoms with van der Waals surface area (Å²) in [5.74, 6) is 1.000. The highest BCUT2D eigenvalue weighted by atomic mass is 79.9. The third-order valence-corrected chi connectivity index (χ3v) is 3.55. The van der Waals surface area contributed by atoms with Gasteiger partial charge in [-0.2, -0.15) is 0 Å². The van der Waals surface area contributed by atoms with Crippen molar-refractivity contribution in [2.75, 3.05) is 31.2 Å². The number of anilines is 1. The smallest absolute Gasteiger partial charge is 0.140 e. The molecule has 88 valence electrons. The van der Waals surface area contributed by atoms with Crippen LogP contribution in [-0.2, 0) is 4.74 Å². The van der Waals surface area contributed by atoms with Crippen LogP contribution in [0.25, 0.3) is 10.9 Å². The predicted molar refractivity (Wildman–Crippen MR) is 70.3 cm³/mol. The van der Waals surface area contributed by atoms with Gasteiger partial charge in [-0.15, -0.1) is 0 Å². The lowest BCUT2D eigenvalue weighted by Gasteiger charge is -2.28. The van der Waals surface area contributed by atoms with E-state index in [0.29, 0.717) is 0 Å². The van der Waals surface area contributed by atoms with Gasteiger partial charge in [0.2, 0.25) is 0 Å². The van der Waals surface area contributed by atoms with Crippen LogP contribution in [0, 0.1) is 0 Å². The summed E-state index contributed by atoms with van der Waals surface area (Å²) in [6.07, 6.45) is 1.62. The van der Waals surface area contributed by atoms with E-state index in [1.807, 2.05) is 12.1 Å². The summed E-state index contributed by atoms with van der Waals surface area (Å²) >= 11 is 3.52. The van der Waals surface area contributed by atoms with Crippen molar-refractivity contribution in [3.63, 3.8) is 0 Å². The Labute approximate surface area is 108 Å². The van der Waals surface area contributed by atoms with Gasteiger partial charge in [-0.25, -0.2) is 9.97 Å². The molecule has 0 aliphatic carbocycles. The first-order valence-corrected chi connectivity index (χ1v) is 6.37. The van der Waals surface area contributed by atoms with Crippen LogP contribution in [0.15, 0.2) is 29.0 Å². The first-order chi connectivity index (χ1) is 8.36. The minimum Gasteiger partial charge on any atom is -0.378 e. The molecule has 0 unspecified atom stereocenters. The predicted octanol–water partition coefficient (Wildman–Crippen LogP) is 2.23. The summed E-state index contributed by atoms with van der Waals surface area (Å²) in [6, 6.07) is 6.07. The van der Waals surface area contributed by atoms with Gasteiger partial charge in [0, 0.05) is 22.9 Å². The van der Waals surface area contributed by atoms with Crippen LogP contribution < -0.4 is 4.90 Å². The van der Waals surface area contributed by atoms with Crippen LogP contribution in [0.1, 0.15) is 0 Å². The number of fused-ring (bicyclic) bond motifs is 1. The van der Waals surface area contributed by atoms with Crippen LogP contribution in [-0.4, -0.2) is 36.3 Å². The zero-order chi connectivity index (χ0) is 11.7. The van der Waals surface area contributed by atoms with Gasteiger partial charge in [0.15, 0.2) is 0 Å². The zero-order valence-corrected chi connectivity index (χ0v) is 10.9. The quantitative estimate of drug-likeness (QED) is 0.808. The Balaban J connectivity index is 2.12. The molecule has 0 N–H and O–H groups in total. The molecule has 2 heterocycles. The molecule has 4 nitrogen and oxygen atoms in total. The molecule has 2 aromatic rings. The number of rotatable bonds is 1. The van der Waals surface area contributed by atoms with Crippen LogP contribution in [0.5, 0.6) is 0 Å². The topological polar surface area (TPSA) is 38.2 Å². The lowest BCUT2D eigenvalue weighted by atomic mass is 10.2. The molecule has 1 aromatic heterocycles. The van der Waals surface area contributed by atoms with Gasteiger partial charge >= 0.3 is 0 Å². The van der Waals surface area contributed by atoms with Gasteiger partial charge < -0.3 is 9.64 Å². The Morgan fingerprint density at radius 3 is 2.82 bits per heavy atom. The molecule has 1 aliphatic heterocycles. The highest BCUT2D eigenvalue weighted by Gasteiger charge is 2.15. The average molecular weight is 294 g/mol. The average Bonchev–Trinajstić information content (AvgIpc) is 2.40. The minimum atomic E-state index is 0.763. The maximum absolute atomic E-state index is 5.36. The van der Waals surface area contributed by atoms with Gasteiger partial charge in [-0.05, 0) is 28.1 Å². The fourth-order valence-corrected chi connectivity index (χ4v) is 2.53. The molecule has 3 rings (SSSR count). The molecule has 1 aromatic carbocycles. The lowest BCUT2D eigenvalue weighted by molar-refractivity contribution is 0.122. The Hall–Kier alpha value is -1.20. The molecule has 0 spiro atoms. The van der Waals surface area contributed by atoms with Crippen molar-refractivity contribution in [3.8, 4) is 0 Å². The normalized spacial score (nSPS) is 16.4. The maximum Gasteiger partial charge on any atom is 0.140 e. The second-order valence-electron chi connectivity index (χ2n) is 3.93. The number of para-hydroxylation sites is 1. The zero-order valence-electron chi connectivity index (χ0n) is 9.27. The monoisotopic (exact) mass is 293 g/mol. The van der Waals surface area contributed by atoms with Gasteiger partial charge in [0.25, 0.3) is 0 Å². The number of ether oxygens (including phenoxy) is 1. The summed E-state index contributed by atoms with van der Waals surface area (Å²) < 4.78 is 6.37. The van der Waals surface area contributed by atoms with Crippen molar-refractivity contribution in [3.05, 3.63) is 29.0 Å². The van der Waals surface area contributed by atoms with E-state index in [2.05, 4.69) is 36.9 Å². The summed E-state index contributed by atoms with van der Waals surface area (Å²) in [7, 11) is 0. The molecule has 1 saturated heterocycles. The van der Waals surface area contributed by atoms with Crippen molar-refractivity contribution in [2.24, 2.45) is 0 Å². The van der Waals surface area contributed by atoms with Gasteiger partial charge in [0.05, 0.1) is 18.7 Å². The number of hydrogen-bond acceptors (Lipinski definition) is 4. The van der Waals surface area contributed by atoms with Gasteiger partial charge in [-0.1, -0.05) is 6.07 Å². The molecular weight excluding hydrogens is 282 g/mol. The molecule has 0 radical (unpaired) electrons. The fraction of sp³-hybridized carbons (Fsp3) is 0.333. The lowest BCUT2D eigenvalue weighted by Crippen LogP contribution is -2.36. The largest absolute Gasteiger partial charge is 0.378 e. The number of halogens is 1. The van der Waals surface area contributed by atoms with Crippen LogP contribution in [0.3, 0.4) is 0 Å². The summed E-state index contributed by atoms with van der Waals surface area (Å²) in [4.78, 5) is 11.0. The number of benzene rings is 1. The first kappa shape index (κ1) is 10.9. The molecule has 17 heavy (non-hydrogen) atoms. The molecule has 1 aliphatic rings. The second-order valence-corrected chi connectivity index (χ2v) is 4.79. The standard InChI is InChI=1S/C12H12BrN3O/c13-10-3-1-2-9-11(10)14-8-15-12(9)16-4-6-17-7-5-16/h1-3,8H,4-7H2. The van der Waals surface area contributed by atoms with Crippen molar-refractivity contribution in [1.29, 1.82) is 0 Å². The number of hydrogen-bond donors (Lipinski definition) is 0. The van der Waals surface area contributed by atoms with E-state index in [4.69, 9.17) is 4.74 Å². The Bertz CT molecular complexity index is 540. The number of aromatic nitrogens is 2. The Morgan fingerprint density at radius 2 is 2.00 bits per heavy atom. The van der Waals surface area contributed by atoms with E-state index in [1.54, 1.807) is 6.33 Å². The Morgan fingerprint density at radius 1 is 1.18 bits per heavy atom. The fourth-order valence-electron chi connectivity index (χ4n) is 2.06. The third kappa shape index (κ3) is 2.00. The van der Waals surface area contributed by atoms with Crippen molar-refractivity contribution >= 4 is 32.7 Å². The van der Waals surface area contributed by atoms with E-state index in [0.717, 1.165) is 47.5 Å². The maximum atomic E-state index is 5.36. The highest BCUT2D eigenvalue weighted by molar-refractivity contribution is 9.10. The van der Waals surface area contributed by atoms with E-state index in [-0.39, 0.29) is 0 Å². The molecular formula is C12H12BrN3O. The van der Waals surface area contributed by atoms with Crippen LogP contribution >= 0.6 is 15.9 Å². The first-order valence-electron chi connectivity index (χ1n) is 5.58. The van der Waals surface area contributed by atoms with Crippen molar-refractivity contribution in [1.82, 2.24) is 9.97 Å². The molecule has 0 amide bonds. The van der Waals surface area contributed by atoms with E-state index < -0.39 is 0 Å². The molecule has 0 atom stereocenters. The van der Waals surface area contributed by atoms with E-state index >= 15 is 0 Å². The van der Waals surface area contributed by atoms with Crippen molar-refractivity contribution < 1.29 is 4.74 Å². The third-order valence-electron chi connectivity index (χ3n) is 2.91. The van der Waals surface area contributed by atoms with Gasteiger partial charge in [0.1, 0.15) is 12.1 Å². The summed E-state index contributed by atoms with van der Waals surface area (Å²) in [5, 5.41) is 1.09. The van der Waals surface area contributed by atoms with Crippen molar-refractivity contribution in [2.45, 2.75) is 0 Å². The van der Waals surface area contributed by atoms with Crippen LogP contribution in [0.2, 0.25) is 0 Å². The van der Waals surface area contributed by atoms with E-state index in [1.165, 1.54) is 0 Å². The number of nitrogens with zero attached hydrogens (tertiary/aromatic N) is 3. The van der Waals surface area contributed by atoms with Gasteiger partial charge in [-0.3, -0.25) is 0 Å². The second kappa shape index (κ2) is 4.58. The molecule has 1 fully saturated rings. The molecule has 0 bridgehead atoms. The molecule has 0 saturated carbocycles. The van der Waals surface area contributed by atoms with Crippen LogP contribution in [0.4, 0.5) is 5.82 Å². The minimum absolute atomic E-state index is 0.763. The SMILES string of the molecule is Brc1cccc2c(N3CCOCC3)ncnc12. The number of morpholine rings is 1. The molecule has 5 heteroatoms. The summed E-state index contributed by atoms with van der Waals surface area (Å²) in [6.45, 7) is 3.30. The summed E-state index contributed by atoms with van der Waals surface area (Å²) in [5.41, 5.74) is 0.962. The van der Waals surface area contributed by atoms with E-state index in [9.17, 15) is 0 Å². The Kier molecular flexibility index (Phi) is 2.94. The highest BCUT2D eigenvalue weighted by Crippen LogP contribution is 2.28.